The Bertz CT molecular complexity index is 1180. The van der Waals surface area contributed by atoms with E-state index in [-0.39, 0.29) is 24.3 Å². The molecular formula is C29H36N4O4. The second-order valence-electron chi connectivity index (χ2n) is 10.6. The zero-order valence-corrected chi connectivity index (χ0v) is 22.0. The van der Waals surface area contributed by atoms with Crippen LogP contribution >= 0.6 is 0 Å². The highest BCUT2D eigenvalue weighted by atomic mass is 16.5. The summed E-state index contributed by atoms with van der Waals surface area (Å²) in [4.78, 5) is 48.5. The highest BCUT2D eigenvalue weighted by Crippen LogP contribution is 2.39. The van der Waals surface area contributed by atoms with Crippen LogP contribution in [-0.4, -0.2) is 102 Å². The van der Waals surface area contributed by atoms with Gasteiger partial charge in [-0.3, -0.25) is 19.3 Å². The molecule has 2 aromatic rings. The van der Waals surface area contributed by atoms with Gasteiger partial charge in [0, 0.05) is 63.2 Å². The van der Waals surface area contributed by atoms with Gasteiger partial charge in [-0.05, 0) is 45.2 Å². The molecule has 196 valence electrons. The summed E-state index contributed by atoms with van der Waals surface area (Å²) in [5.74, 6) is -0.255. The second-order valence-corrected chi connectivity index (χ2v) is 10.6. The van der Waals surface area contributed by atoms with Gasteiger partial charge in [0.2, 0.25) is 5.91 Å². The lowest BCUT2D eigenvalue weighted by atomic mass is 9.95. The Morgan fingerprint density at radius 2 is 1.35 bits per heavy atom. The van der Waals surface area contributed by atoms with Crippen molar-refractivity contribution in [2.24, 2.45) is 0 Å². The first-order valence-corrected chi connectivity index (χ1v) is 13.1. The summed E-state index contributed by atoms with van der Waals surface area (Å²) in [7, 11) is 2.05. The van der Waals surface area contributed by atoms with Crippen molar-refractivity contribution in [1.82, 2.24) is 19.6 Å². The Balaban J connectivity index is 1.39. The number of carbonyl (C=O) groups is 3. The molecule has 0 N–H and O–H groups in total. The first kappa shape index (κ1) is 25.4. The van der Waals surface area contributed by atoms with Crippen molar-refractivity contribution in [3.8, 4) is 0 Å². The highest BCUT2D eigenvalue weighted by Gasteiger charge is 2.55. The topological polar surface area (TPSA) is 73.4 Å². The molecular weight excluding hydrogens is 468 g/mol. The van der Waals surface area contributed by atoms with Crippen molar-refractivity contribution in [1.29, 1.82) is 0 Å². The normalized spacial score (nSPS) is 21.9. The molecule has 0 bridgehead atoms. The van der Waals surface area contributed by atoms with E-state index in [0.29, 0.717) is 50.1 Å². The Hall–Kier alpha value is -3.23. The summed E-state index contributed by atoms with van der Waals surface area (Å²) in [5, 5.41) is 0. The lowest BCUT2D eigenvalue weighted by Crippen LogP contribution is -2.61. The molecule has 3 amide bonds. The van der Waals surface area contributed by atoms with E-state index < -0.39 is 11.8 Å². The van der Waals surface area contributed by atoms with Crippen molar-refractivity contribution in [3.05, 3.63) is 70.8 Å². The van der Waals surface area contributed by atoms with E-state index in [9.17, 15) is 14.4 Å². The fraction of sp³-hybridized carbons (Fsp3) is 0.483. The average molecular weight is 505 g/mol. The third-order valence-electron chi connectivity index (χ3n) is 7.94. The summed E-state index contributed by atoms with van der Waals surface area (Å²) in [5.41, 5.74) is 2.34. The third-order valence-corrected chi connectivity index (χ3v) is 7.94. The summed E-state index contributed by atoms with van der Waals surface area (Å²) >= 11 is 0. The number of rotatable bonds is 3. The Morgan fingerprint density at radius 3 is 1.92 bits per heavy atom. The monoisotopic (exact) mass is 504 g/mol. The van der Waals surface area contributed by atoms with Gasteiger partial charge in [-0.15, -0.1) is 0 Å². The minimum Gasteiger partial charge on any atom is -0.353 e. The van der Waals surface area contributed by atoms with Crippen LogP contribution in [0.1, 0.15) is 44.7 Å². The molecule has 0 unspecified atom stereocenters. The molecule has 0 aliphatic carbocycles. The minimum absolute atomic E-state index is 0.0156. The molecule has 0 aromatic heterocycles. The Labute approximate surface area is 218 Å². The van der Waals surface area contributed by atoms with E-state index in [0.717, 1.165) is 24.2 Å². The fourth-order valence-corrected chi connectivity index (χ4v) is 5.73. The second kappa shape index (κ2) is 10.3. The zero-order chi connectivity index (χ0) is 26.2. The number of likely N-dealkylation sites (N-methyl/N-ethyl adjacent to an activating group) is 1. The van der Waals surface area contributed by atoms with Crippen molar-refractivity contribution in [2.45, 2.75) is 38.5 Å². The predicted molar refractivity (Wildman–Crippen MR) is 140 cm³/mol. The van der Waals surface area contributed by atoms with Crippen molar-refractivity contribution >= 4 is 17.7 Å². The molecule has 8 heteroatoms. The lowest BCUT2D eigenvalue weighted by Gasteiger charge is -2.45. The molecule has 3 saturated heterocycles. The number of aryl methyl sites for hydroxylation is 2. The molecule has 8 nitrogen and oxygen atoms in total. The standard InChI is InChI=1S/C29H36N4O4/c1-21-6-4-8-23(18-21)26(34)31-12-10-29(11-13-31)33(27(35)24-9-5-7-22(2)19-24)25(20-37-29)28(36)32-16-14-30(3)15-17-32/h4-9,18-19,25H,10-17,20H2,1-3H3/t25-/m0/s1. The van der Waals surface area contributed by atoms with Crippen LogP contribution in [0.3, 0.4) is 0 Å². The van der Waals surface area contributed by atoms with Gasteiger partial charge in [-0.1, -0.05) is 35.4 Å². The molecule has 3 aliphatic rings. The third kappa shape index (κ3) is 5.00. The summed E-state index contributed by atoms with van der Waals surface area (Å²) in [6.07, 6.45) is 0.934. The number of amides is 3. The number of hydrogen-bond donors (Lipinski definition) is 0. The van der Waals surface area contributed by atoms with Crippen LogP contribution in [0.25, 0.3) is 0 Å². The van der Waals surface area contributed by atoms with Gasteiger partial charge in [0.1, 0.15) is 11.8 Å². The quantitative estimate of drug-likeness (QED) is 0.643. The summed E-state index contributed by atoms with van der Waals surface area (Å²) in [6, 6.07) is 14.4. The van der Waals surface area contributed by atoms with E-state index in [1.54, 1.807) is 11.0 Å². The van der Waals surface area contributed by atoms with Crippen LogP contribution in [0.2, 0.25) is 0 Å². The van der Waals surface area contributed by atoms with Crippen molar-refractivity contribution in [3.63, 3.8) is 0 Å². The van der Waals surface area contributed by atoms with Gasteiger partial charge < -0.3 is 19.4 Å². The van der Waals surface area contributed by atoms with Gasteiger partial charge in [-0.2, -0.15) is 0 Å². The van der Waals surface area contributed by atoms with E-state index in [1.807, 2.05) is 66.1 Å². The number of likely N-dealkylation sites (tertiary alicyclic amines) is 1. The molecule has 3 heterocycles. The van der Waals surface area contributed by atoms with Crippen LogP contribution in [0, 0.1) is 13.8 Å². The lowest BCUT2D eigenvalue weighted by molar-refractivity contribution is -0.139. The Kier molecular flexibility index (Phi) is 7.05. The van der Waals surface area contributed by atoms with E-state index in [4.69, 9.17) is 4.74 Å². The van der Waals surface area contributed by atoms with Crippen LogP contribution in [0.5, 0.6) is 0 Å². The molecule has 1 spiro atoms. The van der Waals surface area contributed by atoms with Crippen LogP contribution < -0.4 is 0 Å². The minimum atomic E-state index is -0.906. The number of carbonyl (C=O) groups excluding carboxylic acids is 3. The van der Waals surface area contributed by atoms with Gasteiger partial charge in [-0.25, -0.2) is 0 Å². The Morgan fingerprint density at radius 1 is 0.784 bits per heavy atom. The smallest absolute Gasteiger partial charge is 0.256 e. The first-order chi connectivity index (χ1) is 17.8. The maximum absolute atomic E-state index is 14.0. The van der Waals surface area contributed by atoms with E-state index >= 15 is 0 Å². The molecule has 1 atom stereocenters. The molecule has 3 fully saturated rings. The predicted octanol–water partition coefficient (Wildman–Crippen LogP) is 2.55. The fourth-order valence-electron chi connectivity index (χ4n) is 5.73. The highest BCUT2D eigenvalue weighted by molar-refractivity contribution is 5.99. The van der Waals surface area contributed by atoms with Gasteiger partial charge in [0.05, 0.1) is 6.61 Å². The van der Waals surface area contributed by atoms with Crippen LogP contribution in [-0.2, 0) is 9.53 Å². The number of hydrogen-bond acceptors (Lipinski definition) is 5. The van der Waals surface area contributed by atoms with Gasteiger partial charge >= 0.3 is 0 Å². The molecule has 5 rings (SSSR count). The zero-order valence-electron chi connectivity index (χ0n) is 22.0. The number of benzene rings is 2. The number of nitrogens with zero attached hydrogens (tertiary/aromatic N) is 4. The van der Waals surface area contributed by atoms with E-state index in [2.05, 4.69) is 11.9 Å². The summed E-state index contributed by atoms with van der Waals surface area (Å²) in [6.45, 7) is 7.93. The van der Waals surface area contributed by atoms with Crippen LogP contribution in [0.4, 0.5) is 0 Å². The SMILES string of the molecule is Cc1cccc(C(=O)N2CCC3(CC2)OC[C@@H](C(=O)N2CCN(C)CC2)N3C(=O)c2cccc(C)c2)c1. The maximum Gasteiger partial charge on any atom is 0.256 e. The number of piperidine rings is 1. The van der Waals surface area contributed by atoms with E-state index in [1.165, 1.54) is 0 Å². The largest absolute Gasteiger partial charge is 0.353 e. The maximum atomic E-state index is 14.0. The number of ether oxygens (including phenoxy) is 1. The molecule has 0 saturated carbocycles. The van der Waals surface area contributed by atoms with Crippen LogP contribution in [0.15, 0.2) is 48.5 Å². The summed E-state index contributed by atoms with van der Waals surface area (Å²) < 4.78 is 6.37. The first-order valence-electron chi connectivity index (χ1n) is 13.1. The molecule has 3 aliphatic heterocycles. The van der Waals surface area contributed by atoms with Gasteiger partial charge in [0.15, 0.2) is 0 Å². The average Bonchev–Trinajstić information content (AvgIpc) is 3.26. The molecule has 2 aromatic carbocycles. The van der Waals surface area contributed by atoms with Crippen molar-refractivity contribution in [2.75, 3.05) is 52.9 Å². The molecule has 37 heavy (non-hydrogen) atoms. The number of piperazine rings is 1. The van der Waals surface area contributed by atoms with Crippen molar-refractivity contribution < 1.29 is 19.1 Å². The van der Waals surface area contributed by atoms with Gasteiger partial charge in [0.25, 0.3) is 11.8 Å². The molecule has 0 radical (unpaired) electrons.